The van der Waals surface area contributed by atoms with Crippen molar-refractivity contribution in [3.8, 4) is 23.7 Å². The van der Waals surface area contributed by atoms with Crippen LogP contribution in [0.15, 0.2) is 0 Å². The Morgan fingerprint density at radius 2 is 1.44 bits per heavy atom. The molecule has 0 fully saturated rings. The first-order chi connectivity index (χ1) is 4.41. The summed E-state index contributed by atoms with van der Waals surface area (Å²) >= 11 is 0. The highest BCUT2D eigenvalue weighted by molar-refractivity contribution is 5.01. The average molecular weight is 121 g/mol. The molecule has 0 aliphatic carbocycles. The Morgan fingerprint density at radius 1 is 1.00 bits per heavy atom. The predicted molar refractivity (Wildman–Crippen MR) is 39.8 cm³/mol. The summed E-state index contributed by atoms with van der Waals surface area (Å²) in [5, 5.41) is 3.04. The zero-order valence-corrected chi connectivity index (χ0v) is 5.91. The van der Waals surface area contributed by atoms with Crippen LogP contribution in [-0.2, 0) is 0 Å². The average Bonchev–Trinajstić information content (AvgIpc) is 1.89. The number of rotatable bonds is 2. The van der Waals surface area contributed by atoms with Crippen LogP contribution in [0, 0.1) is 23.7 Å². The maximum Gasteiger partial charge on any atom is 0.0583 e. The zero-order chi connectivity index (χ0) is 6.95. The van der Waals surface area contributed by atoms with E-state index < -0.39 is 0 Å². The summed E-state index contributed by atoms with van der Waals surface area (Å²) in [6, 6.07) is 0. The molecule has 0 aliphatic heterocycles. The summed E-state index contributed by atoms with van der Waals surface area (Å²) in [7, 11) is 0. The van der Waals surface area contributed by atoms with Crippen molar-refractivity contribution in [2.45, 2.75) is 13.8 Å². The Hall–Kier alpha value is -0.920. The Balaban J connectivity index is 3.04. The summed E-state index contributed by atoms with van der Waals surface area (Å²) < 4.78 is 0. The fraction of sp³-hybridized carbons (Fsp3) is 0.500. The third kappa shape index (κ3) is 7.08. The van der Waals surface area contributed by atoms with Gasteiger partial charge in [0.15, 0.2) is 0 Å². The lowest BCUT2D eigenvalue weighted by Crippen LogP contribution is -2.13. The molecule has 0 aromatic carbocycles. The Kier molecular flexibility index (Phi) is 6.36. The van der Waals surface area contributed by atoms with Crippen molar-refractivity contribution in [1.82, 2.24) is 5.32 Å². The third-order valence-corrected chi connectivity index (χ3v) is 0.780. The topological polar surface area (TPSA) is 12.0 Å². The van der Waals surface area contributed by atoms with E-state index in [-0.39, 0.29) is 0 Å². The maximum atomic E-state index is 3.04. The highest BCUT2D eigenvalue weighted by Gasteiger charge is 1.71. The number of hydrogen-bond acceptors (Lipinski definition) is 1. The van der Waals surface area contributed by atoms with Crippen LogP contribution in [0.3, 0.4) is 0 Å². The molecule has 0 rings (SSSR count). The molecule has 1 nitrogen and oxygen atoms in total. The molecule has 0 aliphatic rings. The van der Waals surface area contributed by atoms with Crippen LogP contribution in [0.4, 0.5) is 0 Å². The van der Waals surface area contributed by atoms with Crippen molar-refractivity contribution >= 4 is 0 Å². The third-order valence-electron chi connectivity index (χ3n) is 0.780. The van der Waals surface area contributed by atoms with Crippen LogP contribution in [0.2, 0.25) is 0 Å². The molecule has 0 aromatic rings. The molecule has 9 heavy (non-hydrogen) atoms. The molecule has 0 spiro atoms. The van der Waals surface area contributed by atoms with Gasteiger partial charge in [-0.2, -0.15) is 0 Å². The molecule has 1 N–H and O–H groups in total. The van der Waals surface area contributed by atoms with E-state index in [1.54, 1.807) is 0 Å². The molecule has 0 radical (unpaired) electrons. The van der Waals surface area contributed by atoms with Gasteiger partial charge in [0.1, 0.15) is 0 Å². The molecule has 48 valence electrons. The minimum Gasteiger partial charge on any atom is -0.295 e. The van der Waals surface area contributed by atoms with E-state index in [9.17, 15) is 0 Å². The van der Waals surface area contributed by atoms with Crippen molar-refractivity contribution < 1.29 is 0 Å². The van der Waals surface area contributed by atoms with E-state index in [1.807, 2.05) is 13.8 Å². The zero-order valence-electron chi connectivity index (χ0n) is 5.91. The molecule has 0 unspecified atom stereocenters. The second-order valence-electron chi connectivity index (χ2n) is 1.46. The highest BCUT2D eigenvalue weighted by Crippen LogP contribution is 1.56. The summed E-state index contributed by atoms with van der Waals surface area (Å²) in [6.07, 6.45) is 0. The van der Waals surface area contributed by atoms with Gasteiger partial charge in [-0.05, 0) is 13.8 Å². The Labute approximate surface area is 56.8 Å². The van der Waals surface area contributed by atoms with Crippen LogP contribution < -0.4 is 5.32 Å². The van der Waals surface area contributed by atoms with Crippen LogP contribution in [0.25, 0.3) is 0 Å². The molecule has 0 saturated carbocycles. The van der Waals surface area contributed by atoms with Crippen LogP contribution in [-0.4, -0.2) is 13.1 Å². The molecular weight excluding hydrogens is 110 g/mol. The van der Waals surface area contributed by atoms with E-state index in [0.717, 1.165) is 13.1 Å². The van der Waals surface area contributed by atoms with Gasteiger partial charge in [0, 0.05) is 0 Å². The Bertz CT molecular complexity index is 140. The van der Waals surface area contributed by atoms with Gasteiger partial charge in [-0.25, -0.2) is 0 Å². The number of hydrogen-bond donors (Lipinski definition) is 1. The molecule has 1 heteroatoms. The van der Waals surface area contributed by atoms with Gasteiger partial charge in [0.05, 0.1) is 13.1 Å². The highest BCUT2D eigenvalue weighted by atomic mass is 14.8. The molecule has 0 amide bonds. The second kappa shape index (κ2) is 7.08. The quantitative estimate of drug-likeness (QED) is 0.417. The van der Waals surface area contributed by atoms with Gasteiger partial charge in [0.2, 0.25) is 0 Å². The standard InChI is InChI=1S/C8H11N/c1-3-5-7-9-8-6-4-2/h9H,7-8H2,1-2H3. The van der Waals surface area contributed by atoms with Gasteiger partial charge in [-0.1, -0.05) is 11.8 Å². The smallest absolute Gasteiger partial charge is 0.0583 e. The molecule has 0 saturated heterocycles. The fourth-order valence-electron chi connectivity index (χ4n) is 0.364. The molecule has 0 aromatic heterocycles. The van der Waals surface area contributed by atoms with Crippen molar-refractivity contribution in [3.63, 3.8) is 0 Å². The lowest BCUT2D eigenvalue weighted by molar-refractivity contribution is 0.871. The van der Waals surface area contributed by atoms with E-state index in [1.165, 1.54) is 0 Å². The second-order valence-corrected chi connectivity index (χ2v) is 1.46. The van der Waals surface area contributed by atoms with E-state index in [4.69, 9.17) is 0 Å². The molecule has 0 atom stereocenters. The summed E-state index contributed by atoms with van der Waals surface area (Å²) in [6.45, 7) is 5.14. The predicted octanol–water partition coefficient (Wildman–Crippen LogP) is 0.623. The fourth-order valence-corrected chi connectivity index (χ4v) is 0.364. The maximum absolute atomic E-state index is 3.04. The lowest BCUT2D eigenvalue weighted by Gasteiger charge is -1.87. The summed E-state index contributed by atoms with van der Waals surface area (Å²) in [5.41, 5.74) is 0. The largest absolute Gasteiger partial charge is 0.295 e. The monoisotopic (exact) mass is 121 g/mol. The van der Waals surface area contributed by atoms with E-state index >= 15 is 0 Å². The minimum absolute atomic E-state index is 0.741. The SMILES string of the molecule is CC#CCNCC#CC. The summed E-state index contributed by atoms with van der Waals surface area (Å²) in [5.74, 6) is 11.3. The summed E-state index contributed by atoms with van der Waals surface area (Å²) in [4.78, 5) is 0. The molecule has 0 heterocycles. The first-order valence-corrected chi connectivity index (χ1v) is 2.91. The minimum atomic E-state index is 0.741. The normalized spacial score (nSPS) is 6.44. The van der Waals surface area contributed by atoms with Crippen molar-refractivity contribution in [3.05, 3.63) is 0 Å². The van der Waals surface area contributed by atoms with Crippen LogP contribution in [0.5, 0.6) is 0 Å². The van der Waals surface area contributed by atoms with E-state index in [2.05, 4.69) is 29.0 Å². The van der Waals surface area contributed by atoms with Crippen molar-refractivity contribution in [2.24, 2.45) is 0 Å². The molecule has 0 bridgehead atoms. The van der Waals surface area contributed by atoms with Gasteiger partial charge in [-0.15, -0.1) is 11.8 Å². The van der Waals surface area contributed by atoms with Gasteiger partial charge >= 0.3 is 0 Å². The number of nitrogens with one attached hydrogen (secondary N) is 1. The van der Waals surface area contributed by atoms with Crippen LogP contribution >= 0.6 is 0 Å². The van der Waals surface area contributed by atoms with Gasteiger partial charge in [0.25, 0.3) is 0 Å². The Morgan fingerprint density at radius 3 is 1.78 bits per heavy atom. The van der Waals surface area contributed by atoms with Gasteiger partial charge < -0.3 is 0 Å². The lowest BCUT2D eigenvalue weighted by atomic mass is 10.5. The van der Waals surface area contributed by atoms with Gasteiger partial charge in [-0.3, -0.25) is 5.32 Å². The molecular formula is C8H11N. The van der Waals surface area contributed by atoms with E-state index in [0.29, 0.717) is 0 Å². The van der Waals surface area contributed by atoms with Crippen molar-refractivity contribution in [2.75, 3.05) is 13.1 Å². The first-order valence-electron chi connectivity index (χ1n) is 2.91. The van der Waals surface area contributed by atoms with Crippen molar-refractivity contribution in [1.29, 1.82) is 0 Å². The first kappa shape index (κ1) is 8.08. The van der Waals surface area contributed by atoms with Crippen LogP contribution in [0.1, 0.15) is 13.8 Å².